The van der Waals surface area contributed by atoms with Crippen LogP contribution in [0.3, 0.4) is 0 Å². The molecule has 0 unspecified atom stereocenters. The molecule has 1 aromatic carbocycles. The number of amides is 1. The largest absolute Gasteiger partial charge is 0.363 e. The van der Waals surface area contributed by atoms with Crippen molar-refractivity contribution in [3.63, 3.8) is 0 Å². The van der Waals surface area contributed by atoms with Gasteiger partial charge in [-0.3, -0.25) is 9.69 Å². The smallest absolute Gasteiger partial charge is 0.254 e. The molecule has 0 radical (unpaired) electrons. The van der Waals surface area contributed by atoms with Gasteiger partial charge in [0.15, 0.2) is 0 Å². The summed E-state index contributed by atoms with van der Waals surface area (Å²) in [6.45, 7) is 7.81. The van der Waals surface area contributed by atoms with Crippen LogP contribution in [0.2, 0.25) is 0 Å². The molecule has 1 saturated heterocycles. The molecule has 7 nitrogen and oxygen atoms in total. The summed E-state index contributed by atoms with van der Waals surface area (Å²) >= 11 is 0. The molecule has 0 aliphatic carbocycles. The highest BCUT2D eigenvalue weighted by Gasteiger charge is 2.25. The maximum absolute atomic E-state index is 13.4. The number of rotatable bonds is 4. The number of benzene rings is 1. The van der Waals surface area contributed by atoms with Crippen molar-refractivity contribution in [3.8, 4) is 0 Å². The van der Waals surface area contributed by atoms with Crippen LogP contribution in [-0.2, 0) is 6.54 Å². The van der Waals surface area contributed by atoms with Crippen LogP contribution in [0, 0.1) is 13.8 Å². The van der Waals surface area contributed by atoms with Gasteiger partial charge in [0, 0.05) is 57.8 Å². The first kappa shape index (κ1) is 19.4. The normalized spacial score (nSPS) is 15.1. The highest BCUT2D eigenvalue weighted by molar-refractivity contribution is 6.07. The molecule has 1 fully saturated rings. The third kappa shape index (κ3) is 3.82. The molecule has 7 heteroatoms. The Morgan fingerprint density at radius 3 is 2.52 bits per heavy atom. The van der Waals surface area contributed by atoms with Crippen LogP contribution >= 0.6 is 0 Å². The third-order valence-electron chi connectivity index (χ3n) is 5.61. The monoisotopic (exact) mass is 393 g/mol. The fraction of sp³-hybridized carbons (Fsp3) is 0.409. The predicted molar refractivity (Wildman–Crippen MR) is 113 cm³/mol. The minimum Gasteiger partial charge on any atom is -0.363 e. The van der Waals surface area contributed by atoms with E-state index in [1.54, 1.807) is 0 Å². The van der Waals surface area contributed by atoms with E-state index in [1.165, 1.54) is 0 Å². The molecule has 0 saturated carbocycles. The lowest BCUT2D eigenvalue weighted by Gasteiger charge is -2.35. The Bertz CT molecular complexity index is 1020. The van der Waals surface area contributed by atoms with E-state index >= 15 is 0 Å². The third-order valence-corrected chi connectivity index (χ3v) is 5.61. The van der Waals surface area contributed by atoms with E-state index in [9.17, 15) is 4.79 Å². The van der Waals surface area contributed by atoms with Gasteiger partial charge in [0.2, 0.25) is 0 Å². The van der Waals surface area contributed by atoms with Crippen LogP contribution < -0.4 is 4.90 Å². The minimum atomic E-state index is 0.0729. The van der Waals surface area contributed by atoms with Crippen LogP contribution in [0.4, 0.5) is 5.82 Å². The van der Waals surface area contributed by atoms with E-state index in [1.807, 2.05) is 68.1 Å². The van der Waals surface area contributed by atoms with Gasteiger partial charge in [0.25, 0.3) is 5.91 Å². The van der Waals surface area contributed by atoms with Gasteiger partial charge in [-0.25, -0.2) is 4.98 Å². The van der Waals surface area contributed by atoms with Gasteiger partial charge in [-0.1, -0.05) is 23.4 Å². The lowest BCUT2D eigenvalue weighted by atomic mass is 10.1. The molecule has 1 aliphatic rings. The molecule has 152 valence electrons. The number of aromatic nitrogens is 2. The van der Waals surface area contributed by atoms with Crippen LogP contribution in [0.1, 0.15) is 27.4 Å². The standard InChI is InChI=1S/C22H27N5O2/c1-15-19(16(2)29-24-15)14-26-9-11-27(12-10-26)22(28)18-13-21(25(3)4)23-20-8-6-5-7-17(18)20/h5-8,13H,9-12,14H2,1-4H3. The van der Waals surface area contributed by atoms with Crippen molar-refractivity contribution < 1.29 is 9.32 Å². The van der Waals surface area contributed by atoms with Gasteiger partial charge in [-0.2, -0.15) is 0 Å². The van der Waals surface area contributed by atoms with Crippen molar-refractivity contribution in [1.82, 2.24) is 19.9 Å². The van der Waals surface area contributed by atoms with Gasteiger partial charge in [-0.15, -0.1) is 0 Å². The number of para-hydroxylation sites is 1. The molecule has 0 atom stereocenters. The first-order valence-electron chi connectivity index (χ1n) is 9.94. The number of aryl methyl sites for hydroxylation is 2. The van der Waals surface area contributed by atoms with E-state index in [0.29, 0.717) is 13.1 Å². The fourth-order valence-electron chi connectivity index (χ4n) is 3.80. The quantitative estimate of drug-likeness (QED) is 0.679. The Morgan fingerprint density at radius 1 is 1.14 bits per heavy atom. The number of carbonyl (C=O) groups excluding carboxylic acids is 1. The zero-order chi connectivity index (χ0) is 20.5. The molecule has 29 heavy (non-hydrogen) atoms. The molecule has 0 N–H and O–H groups in total. The molecule has 2 aromatic heterocycles. The SMILES string of the molecule is Cc1noc(C)c1CN1CCN(C(=O)c2cc(N(C)C)nc3ccccc23)CC1. The molecule has 0 spiro atoms. The van der Waals surface area contributed by atoms with E-state index in [4.69, 9.17) is 4.52 Å². The van der Waals surface area contributed by atoms with E-state index in [2.05, 4.69) is 15.0 Å². The molecule has 1 aliphatic heterocycles. The lowest BCUT2D eigenvalue weighted by molar-refractivity contribution is 0.0629. The Morgan fingerprint density at radius 2 is 1.86 bits per heavy atom. The van der Waals surface area contributed by atoms with Crippen molar-refractivity contribution in [2.45, 2.75) is 20.4 Å². The highest BCUT2D eigenvalue weighted by Crippen LogP contribution is 2.24. The number of piperazine rings is 1. The Balaban J connectivity index is 1.51. The summed E-state index contributed by atoms with van der Waals surface area (Å²) in [5, 5.41) is 4.94. The van der Waals surface area contributed by atoms with Crippen molar-refractivity contribution >= 4 is 22.6 Å². The van der Waals surface area contributed by atoms with Gasteiger partial charge in [-0.05, 0) is 26.0 Å². The summed E-state index contributed by atoms with van der Waals surface area (Å²) in [5.41, 5.74) is 3.67. The molecule has 3 aromatic rings. The number of nitrogens with zero attached hydrogens (tertiary/aromatic N) is 5. The van der Waals surface area contributed by atoms with E-state index in [-0.39, 0.29) is 5.91 Å². The van der Waals surface area contributed by atoms with Crippen molar-refractivity contribution in [3.05, 3.63) is 52.9 Å². The summed E-state index contributed by atoms with van der Waals surface area (Å²) in [7, 11) is 3.89. The summed E-state index contributed by atoms with van der Waals surface area (Å²) in [6, 6.07) is 9.75. The maximum Gasteiger partial charge on any atom is 0.254 e. The fourth-order valence-corrected chi connectivity index (χ4v) is 3.80. The second-order valence-electron chi connectivity index (χ2n) is 7.81. The van der Waals surface area contributed by atoms with Crippen molar-refractivity contribution in [2.75, 3.05) is 45.2 Å². The van der Waals surface area contributed by atoms with Crippen LogP contribution in [-0.4, -0.2) is 66.1 Å². The minimum absolute atomic E-state index is 0.0729. The molecular weight excluding hydrogens is 366 g/mol. The second kappa shape index (κ2) is 7.83. The number of hydrogen-bond acceptors (Lipinski definition) is 6. The summed E-state index contributed by atoms with van der Waals surface area (Å²) < 4.78 is 5.27. The molecular formula is C22H27N5O2. The first-order valence-corrected chi connectivity index (χ1v) is 9.94. The highest BCUT2D eigenvalue weighted by atomic mass is 16.5. The number of pyridine rings is 1. The summed E-state index contributed by atoms with van der Waals surface area (Å²) in [4.78, 5) is 24.3. The van der Waals surface area contributed by atoms with Crippen LogP contribution in [0.15, 0.2) is 34.9 Å². The van der Waals surface area contributed by atoms with Gasteiger partial charge < -0.3 is 14.3 Å². The predicted octanol–water partition coefficient (Wildman–Crippen LogP) is 2.86. The average molecular weight is 393 g/mol. The zero-order valence-corrected chi connectivity index (χ0v) is 17.5. The van der Waals surface area contributed by atoms with Gasteiger partial charge >= 0.3 is 0 Å². The Kier molecular flexibility index (Phi) is 5.24. The maximum atomic E-state index is 13.4. The number of carbonyl (C=O) groups is 1. The number of fused-ring (bicyclic) bond motifs is 1. The molecule has 0 bridgehead atoms. The van der Waals surface area contributed by atoms with Crippen molar-refractivity contribution in [1.29, 1.82) is 0 Å². The van der Waals surface area contributed by atoms with Gasteiger partial charge in [0.1, 0.15) is 11.6 Å². The van der Waals surface area contributed by atoms with Crippen molar-refractivity contribution in [2.24, 2.45) is 0 Å². The first-order chi connectivity index (χ1) is 13.9. The van der Waals surface area contributed by atoms with E-state index < -0.39 is 0 Å². The number of anilines is 1. The molecule has 1 amide bonds. The molecule has 4 rings (SSSR count). The van der Waals surface area contributed by atoms with Gasteiger partial charge in [0.05, 0.1) is 16.8 Å². The topological polar surface area (TPSA) is 65.7 Å². The van der Waals surface area contributed by atoms with Crippen LogP contribution in [0.5, 0.6) is 0 Å². The molecule has 3 heterocycles. The summed E-state index contributed by atoms with van der Waals surface area (Å²) in [6.07, 6.45) is 0. The number of hydrogen-bond donors (Lipinski definition) is 0. The zero-order valence-electron chi connectivity index (χ0n) is 17.5. The lowest BCUT2D eigenvalue weighted by Crippen LogP contribution is -2.48. The Hall–Kier alpha value is -2.93. The summed E-state index contributed by atoms with van der Waals surface area (Å²) in [5.74, 6) is 1.74. The van der Waals surface area contributed by atoms with Crippen LogP contribution in [0.25, 0.3) is 10.9 Å². The second-order valence-corrected chi connectivity index (χ2v) is 7.81. The Labute approximate surface area is 170 Å². The average Bonchev–Trinajstić information content (AvgIpc) is 3.05. The van der Waals surface area contributed by atoms with E-state index in [0.717, 1.165) is 58.9 Å².